The van der Waals surface area contributed by atoms with Crippen molar-refractivity contribution in [2.24, 2.45) is 0 Å². The van der Waals surface area contributed by atoms with Crippen LogP contribution in [0.2, 0.25) is 0 Å². The first-order valence-electron chi connectivity index (χ1n) is 6.04. The molecule has 8 heteroatoms. The highest BCUT2D eigenvalue weighted by molar-refractivity contribution is 7.89. The van der Waals surface area contributed by atoms with Crippen molar-refractivity contribution >= 4 is 26.6 Å². The molecule has 1 atom stereocenters. The molecule has 1 heterocycles. The number of hydrogen-bond donors (Lipinski definition) is 2. The monoisotopic (exact) mass is 305 g/mol. The minimum absolute atomic E-state index is 0.153. The number of hydrogen-bond acceptors (Lipinski definition) is 5. The van der Waals surface area contributed by atoms with E-state index in [1.54, 1.807) is 6.92 Å². The molecular weight excluding hydrogens is 286 g/mol. The molecule has 2 N–H and O–H groups in total. The molecule has 0 aliphatic rings. The fraction of sp³-hybridized carbons (Fsp3) is 0.545. The summed E-state index contributed by atoms with van der Waals surface area (Å²) in [6.45, 7) is 4.54. The Balaban J connectivity index is 2.71. The van der Waals surface area contributed by atoms with Gasteiger partial charge in [-0.3, -0.25) is 4.21 Å². The fourth-order valence-electron chi connectivity index (χ4n) is 1.37. The fourth-order valence-corrected chi connectivity index (χ4v) is 3.17. The van der Waals surface area contributed by atoms with Gasteiger partial charge in [-0.05, 0) is 13.0 Å². The van der Waals surface area contributed by atoms with Gasteiger partial charge in [0.2, 0.25) is 10.0 Å². The van der Waals surface area contributed by atoms with E-state index in [9.17, 15) is 12.6 Å². The van der Waals surface area contributed by atoms with Gasteiger partial charge in [-0.15, -0.1) is 0 Å². The van der Waals surface area contributed by atoms with Gasteiger partial charge in [0.25, 0.3) is 0 Å². The predicted molar refractivity (Wildman–Crippen MR) is 77.1 cm³/mol. The molecule has 1 rings (SSSR count). The molecule has 108 valence electrons. The lowest BCUT2D eigenvalue weighted by Gasteiger charge is -2.08. The second-order valence-electron chi connectivity index (χ2n) is 3.74. The number of nitrogens with one attached hydrogen (secondary N) is 2. The zero-order chi connectivity index (χ0) is 14.3. The second kappa shape index (κ2) is 7.56. The smallest absolute Gasteiger partial charge is 0.240 e. The highest BCUT2D eigenvalue weighted by Gasteiger charge is 2.14. The standard InChI is InChI=1S/C11H19N3O3S2/c1-3-12-11-9-10(5-6-13-11)19(16,17)14-7-8-18(15)4-2/h5-6,9,14H,3-4,7-8H2,1-2H3,(H,12,13). The number of rotatable bonds is 8. The molecule has 6 nitrogen and oxygen atoms in total. The normalized spacial score (nSPS) is 13.2. The van der Waals surface area contributed by atoms with Crippen LogP contribution in [0.1, 0.15) is 13.8 Å². The van der Waals surface area contributed by atoms with Crippen LogP contribution in [0.25, 0.3) is 0 Å². The van der Waals surface area contributed by atoms with Crippen molar-refractivity contribution in [2.45, 2.75) is 18.7 Å². The van der Waals surface area contributed by atoms with Crippen molar-refractivity contribution in [2.75, 3.05) is 29.9 Å². The summed E-state index contributed by atoms with van der Waals surface area (Å²) in [5.41, 5.74) is 0. The SMILES string of the molecule is CCNc1cc(S(=O)(=O)NCCS(=O)CC)ccn1. The predicted octanol–water partition coefficient (Wildman–Crippen LogP) is 0.560. The third kappa shape index (κ3) is 5.25. The summed E-state index contributed by atoms with van der Waals surface area (Å²) in [4.78, 5) is 4.17. The quantitative estimate of drug-likeness (QED) is 0.733. The number of anilines is 1. The third-order valence-corrected chi connectivity index (χ3v) is 5.11. The van der Waals surface area contributed by atoms with Crippen LogP contribution in [0.3, 0.4) is 0 Å². The lowest BCUT2D eigenvalue weighted by molar-refractivity contribution is 0.584. The maximum absolute atomic E-state index is 12.0. The molecule has 0 aliphatic heterocycles. The molecule has 0 amide bonds. The summed E-state index contributed by atoms with van der Waals surface area (Å²) in [5.74, 6) is 1.37. The van der Waals surface area contributed by atoms with E-state index in [2.05, 4.69) is 15.0 Å². The Morgan fingerprint density at radius 1 is 1.37 bits per heavy atom. The van der Waals surface area contributed by atoms with Crippen molar-refractivity contribution in [3.8, 4) is 0 Å². The molecule has 0 aromatic carbocycles. The van der Waals surface area contributed by atoms with Crippen LogP contribution in [-0.2, 0) is 20.8 Å². The molecular formula is C11H19N3O3S2. The highest BCUT2D eigenvalue weighted by Crippen LogP contribution is 2.12. The lowest BCUT2D eigenvalue weighted by atomic mass is 10.4. The molecule has 0 saturated heterocycles. The van der Waals surface area contributed by atoms with E-state index < -0.39 is 20.8 Å². The van der Waals surface area contributed by atoms with E-state index in [1.807, 2.05) is 6.92 Å². The van der Waals surface area contributed by atoms with Gasteiger partial charge >= 0.3 is 0 Å². The minimum Gasteiger partial charge on any atom is -0.370 e. The van der Waals surface area contributed by atoms with E-state index in [4.69, 9.17) is 0 Å². The minimum atomic E-state index is -3.57. The zero-order valence-corrected chi connectivity index (χ0v) is 12.7. The van der Waals surface area contributed by atoms with Crippen molar-refractivity contribution in [3.05, 3.63) is 18.3 Å². The van der Waals surface area contributed by atoms with E-state index in [-0.39, 0.29) is 11.4 Å². The number of sulfonamides is 1. The molecule has 0 spiro atoms. The van der Waals surface area contributed by atoms with Gasteiger partial charge in [-0.1, -0.05) is 6.92 Å². The van der Waals surface area contributed by atoms with Gasteiger partial charge in [-0.25, -0.2) is 18.1 Å². The van der Waals surface area contributed by atoms with Crippen molar-refractivity contribution < 1.29 is 12.6 Å². The number of nitrogens with zero attached hydrogens (tertiary/aromatic N) is 1. The van der Waals surface area contributed by atoms with E-state index >= 15 is 0 Å². The van der Waals surface area contributed by atoms with Gasteiger partial charge in [0.05, 0.1) is 4.90 Å². The Morgan fingerprint density at radius 2 is 2.11 bits per heavy atom. The highest BCUT2D eigenvalue weighted by atomic mass is 32.2. The average Bonchev–Trinajstić information content (AvgIpc) is 2.39. The van der Waals surface area contributed by atoms with E-state index in [1.165, 1.54) is 18.3 Å². The Labute approximate surface area is 116 Å². The molecule has 1 aromatic rings. The van der Waals surface area contributed by atoms with Gasteiger partial charge in [-0.2, -0.15) is 0 Å². The van der Waals surface area contributed by atoms with Crippen LogP contribution >= 0.6 is 0 Å². The Hall–Kier alpha value is -0.990. The van der Waals surface area contributed by atoms with Gasteiger partial charge in [0, 0.05) is 47.7 Å². The Bertz CT molecular complexity index is 532. The largest absolute Gasteiger partial charge is 0.370 e. The molecule has 1 aromatic heterocycles. The maximum atomic E-state index is 12.0. The van der Waals surface area contributed by atoms with Crippen molar-refractivity contribution in [3.63, 3.8) is 0 Å². The molecule has 19 heavy (non-hydrogen) atoms. The van der Waals surface area contributed by atoms with Crippen molar-refractivity contribution in [1.29, 1.82) is 0 Å². The third-order valence-electron chi connectivity index (χ3n) is 2.34. The van der Waals surface area contributed by atoms with Crippen LogP contribution in [0.5, 0.6) is 0 Å². The summed E-state index contributed by atoms with van der Waals surface area (Å²) in [6.07, 6.45) is 1.44. The van der Waals surface area contributed by atoms with Crippen LogP contribution in [-0.4, -0.2) is 42.2 Å². The number of aromatic nitrogens is 1. The topological polar surface area (TPSA) is 88.2 Å². The first kappa shape index (κ1) is 16.1. The van der Waals surface area contributed by atoms with Crippen LogP contribution in [0.15, 0.2) is 23.2 Å². The molecule has 1 unspecified atom stereocenters. The van der Waals surface area contributed by atoms with Crippen LogP contribution in [0, 0.1) is 0 Å². The second-order valence-corrected chi connectivity index (χ2v) is 7.37. The summed E-state index contributed by atoms with van der Waals surface area (Å²) in [6, 6.07) is 2.91. The maximum Gasteiger partial charge on any atom is 0.240 e. The molecule has 0 bridgehead atoms. The summed E-state index contributed by atoms with van der Waals surface area (Å²) in [5, 5.41) is 2.95. The lowest BCUT2D eigenvalue weighted by Crippen LogP contribution is -2.28. The molecule has 0 aliphatic carbocycles. The first-order valence-corrected chi connectivity index (χ1v) is 9.01. The summed E-state index contributed by atoms with van der Waals surface area (Å²) < 4.78 is 37.6. The molecule has 0 radical (unpaired) electrons. The van der Waals surface area contributed by atoms with Crippen LogP contribution < -0.4 is 10.0 Å². The van der Waals surface area contributed by atoms with Gasteiger partial charge in [0.1, 0.15) is 5.82 Å². The average molecular weight is 305 g/mol. The zero-order valence-electron chi connectivity index (χ0n) is 11.0. The van der Waals surface area contributed by atoms with Crippen LogP contribution in [0.4, 0.5) is 5.82 Å². The Kier molecular flexibility index (Phi) is 6.40. The van der Waals surface area contributed by atoms with Gasteiger partial charge in [0.15, 0.2) is 0 Å². The summed E-state index contributed by atoms with van der Waals surface area (Å²) >= 11 is 0. The van der Waals surface area contributed by atoms with Crippen molar-refractivity contribution in [1.82, 2.24) is 9.71 Å². The molecule has 0 saturated carbocycles. The first-order chi connectivity index (χ1) is 8.99. The molecule has 0 fully saturated rings. The van der Waals surface area contributed by atoms with E-state index in [0.29, 0.717) is 23.9 Å². The number of pyridine rings is 1. The van der Waals surface area contributed by atoms with E-state index in [0.717, 1.165) is 0 Å². The van der Waals surface area contributed by atoms with Gasteiger partial charge < -0.3 is 5.32 Å². The Morgan fingerprint density at radius 3 is 2.74 bits per heavy atom. The summed E-state index contributed by atoms with van der Waals surface area (Å²) in [7, 11) is -4.55.